The molecule has 8 heavy (non-hydrogen) atoms. The molecule has 0 spiro atoms. The van der Waals surface area contributed by atoms with Gasteiger partial charge in [-0.2, -0.15) is 0 Å². The SMILES string of the molecule is CC(C)C1CC1(F)F. The van der Waals surface area contributed by atoms with Gasteiger partial charge in [-0.15, -0.1) is 0 Å². The van der Waals surface area contributed by atoms with Gasteiger partial charge < -0.3 is 0 Å². The quantitative estimate of drug-likeness (QED) is 0.498. The third-order valence-corrected chi connectivity index (χ3v) is 1.68. The smallest absolute Gasteiger partial charge is 0.207 e. The van der Waals surface area contributed by atoms with E-state index in [1.54, 1.807) is 0 Å². The van der Waals surface area contributed by atoms with Crippen molar-refractivity contribution in [2.75, 3.05) is 0 Å². The molecule has 1 fully saturated rings. The Hall–Kier alpha value is -0.140. The fraction of sp³-hybridized carbons (Fsp3) is 1.00. The van der Waals surface area contributed by atoms with Gasteiger partial charge in [-0.05, 0) is 5.92 Å². The molecule has 0 radical (unpaired) electrons. The van der Waals surface area contributed by atoms with Crippen LogP contribution in [0.15, 0.2) is 0 Å². The Kier molecular flexibility index (Phi) is 1.07. The molecule has 1 rings (SSSR count). The summed E-state index contributed by atoms with van der Waals surface area (Å²) >= 11 is 0. The lowest BCUT2D eigenvalue weighted by molar-refractivity contribution is 0.0889. The number of halogens is 2. The Morgan fingerprint density at radius 1 is 1.50 bits per heavy atom. The Bertz CT molecular complexity index is 96.7. The highest BCUT2D eigenvalue weighted by Gasteiger charge is 2.57. The van der Waals surface area contributed by atoms with Crippen molar-refractivity contribution in [2.24, 2.45) is 11.8 Å². The molecule has 1 saturated carbocycles. The summed E-state index contributed by atoms with van der Waals surface area (Å²) in [5.74, 6) is -2.47. The number of hydrogen-bond acceptors (Lipinski definition) is 0. The van der Waals surface area contributed by atoms with Gasteiger partial charge >= 0.3 is 0 Å². The monoisotopic (exact) mass is 120 g/mol. The summed E-state index contributed by atoms with van der Waals surface area (Å²) in [6, 6.07) is 0. The Morgan fingerprint density at radius 2 is 1.88 bits per heavy atom. The summed E-state index contributed by atoms with van der Waals surface area (Å²) in [5.41, 5.74) is 0. The lowest BCUT2D eigenvalue weighted by Gasteiger charge is -1.98. The van der Waals surface area contributed by atoms with Crippen molar-refractivity contribution < 1.29 is 8.78 Å². The van der Waals surface area contributed by atoms with Crippen molar-refractivity contribution in [2.45, 2.75) is 26.2 Å². The van der Waals surface area contributed by atoms with Gasteiger partial charge in [-0.3, -0.25) is 0 Å². The van der Waals surface area contributed by atoms with Crippen LogP contribution in [0.2, 0.25) is 0 Å². The molecule has 1 aliphatic rings. The molecule has 0 aromatic carbocycles. The first-order chi connectivity index (χ1) is 3.54. The van der Waals surface area contributed by atoms with Gasteiger partial charge in [0.15, 0.2) is 0 Å². The molecule has 0 aromatic rings. The summed E-state index contributed by atoms with van der Waals surface area (Å²) in [5, 5.41) is 0. The van der Waals surface area contributed by atoms with E-state index in [1.807, 2.05) is 13.8 Å². The highest BCUT2D eigenvalue weighted by Crippen LogP contribution is 2.52. The van der Waals surface area contributed by atoms with Crippen LogP contribution < -0.4 is 0 Å². The van der Waals surface area contributed by atoms with Crippen LogP contribution >= 0.6 is 0 Å². The summed E-state index contributed by atoms with van der Waals surface area (Å²) in [6.07, 6.45) is 0.116. The molecule has 0 nitrogen and oxygen atoms in total. The van der Waals surface area contributed by atoms with E-state index in [1.165, 1.54) is 0 Å². The van der Waals surface area contributed by atoms with Crippen molar-refractivity contribution in [1.82, 2.24) is 0 Å². The molecule has 0 N–H and O–H groups in total. The van der Waals surface area contributed by atoms with E-state index in [9.17, 15) is 8.78 Å². The van der Waals surface area contributed by atoms with E-state index in [-0.39, 0.29) is 18.3 Å². The van der Waals surface area contributed by atoms with Crippen LogP contribution in [0.3, 0.4) is 0 Å². The maximum Gasteiger partial charge on any atom is 0.251 e. The van der Waals surface area contributed by atoms with Crippen LogP contribution in [0, 0.1) is 11.8 Å². The number of alkyl halides is 2. The van der Waals surface area contributed by atoms with Gasteiger partial charge in [0.25, 0.3) is 5.92 Å². The van der Waals surface area contributed by atoms with E-state index in [0.717, 1.165) is 0 Å². The van der Waals surface area contributed by atoms with Crippen LogP contribution in [0.5, 0.6) is 0 Å². The van der Waals surface area contributed by atoms with Gasteiger partial charge in [0.2, 0.25) is 0 Å². The molecule has 0 saturated heterocycles. The molecule has 1 atom stereocenters. The predicted octanol–water partition coefficient (Wildman–Crippen LogP) is 2.30. The molecule has 0 heterocycles. The fourth-order valence-electron chi connectivity index (χ4n) is 0.958. The maximum absolute atomic E-state index is 12.0. The van der Waals surface area contributed by atoms with E-state index < -0.39 is 5.92 Å². The Labute approximate surface area is 47.9 Å². The van der Waals surface area contributed by atoms with Crippen molar-refractivity contribution >= 4 is 0 Å². The minimum atomic E-state index is -2.31. The van der Waals surface area contributed by atoms with Crippen LogP contribution in [0.1, 0.15) is 20.3 Å². The van der Waals surface area contributed by atoms with Gasteiger partial charge in [0.05, 0.1) is 0 Å². The minimum Gasteiger partial charge on any atom is -0.207 e. The van der Waals surface area contributed by atoms with Crippen molar-refractivity contribution in [3.05, 3.63) is 0 Å². The highest BCUT2D eigenvalue weighted by atomic mass is 19.3. The second-order valence-electron chi connectivity index (χ2n) is 2.82. The summed E-state index contributed by atoms with van der Waals surface area (Å²) < 4.78 is 24.1. The number of rotatable bonds is 1. The van der Waals surface area contributed by atoms with Crippen molar-refractivity contribution in [3.8, 4) is 0 Å². The van der Waals surface area contributed by atoms with Crippen LogP contribution in [0.25, 0.3) is 0 Å². The first-order valence-electron chi connectivity index (χ1n) is 2.92. The van der Waals surface area contributed by atoms with Crippen LogP contribution in [-0.4, -0.2) is 5.92 Å². The average Bonchev–Trinajstić information content (AvgIpc) is 2.13. The third kappa shape index (κ3) is 0.837. The zero-order valence-corrected chi connectivity index (χ0v) is 5.12. The van der Waals surface area contributed by atoms with Crippen LogP contribution in [0.4, 0.5) is 8.78 Å². The second kappa shape index (κ2) is 1.42. The van der Waals surface area contributed by atoms with Gasteiger partial charge in [0.1, 0.15) is 0 Å². The van der Waals surface area contributed by atoms with Crippen molar-refractivity contribution in [3.63, 3.8) is 0 Å². The summed E-state index contributed by atoms with van der Waals surface area (Å²) in [6.45, 7) is 3.68. The molecule has 0 bridgehead atoms. The molecule has 48 valence electrons. The zero-order valence-electron chi connectivity index (χ0n) is 5.12. The Balaban J connectivity index is 2.37. The third-order valence-electron chi connectivity index (χ3n) is 1.68. The second-order valence-corrected chi connectivity index (χ2v) is 2.82. The molecular weight excluding hydrogens is 110 g/mol. The molecule has 1 unspecified atom stereocenters. The highest BCUT2D eigenvalue weighted by molar-refractivity contribution is 4.96. The standard InChI is InChI=1S/C6H10F2/c1-4(2)5-3-6(5,7)8/h4-5H,3H2,1-2H3. The normalized spacial score (nSPS) is 33.4. The zero-order chi connectivity index (χ0) is 6.36. The van der Waals surface area contributed by atoms with Gasteiger partial charge in [-0.25, -0.2) is 8.78 Å². The molecule has 0 aliphatic heterocycles. The van der Waals surface area contributed by atoms with Crippen LogP contribution in [-0.2, 0) is 0 Å². The summed E-state index contributed by atoms with van der Waals surface area (Å²) in [7, 11) is 0. The van der Waals surface area contributed by atoms with E-state index in [0.29, 0.717) is 0 Å². The van der Waals surface area contributed by atoms with Gasteiger partial charge in [0, 0.05) is 12.3 Å². The maximum atomic E-state index is 12.0. The first-order valence-corrected chi connectivity index (χ1v) is 2.92. The van der Waals surface area contributed by atoms with E-state index >= 15 is 0 Å². The minimum absolute atomic E-state index is 0.116. The predicted molar refractivity (Wildman–Crippen MR) is 27.9 cm³/mol. The largest absolute Gasteiger partial charge is 0.251 e. The molecule has 0 amide bonds. The molecular formula is C6H10F2. The molecule has 2 heteroatoms. The number of hydrogen-bond donors (Lipinski definition) is 0. The van der Waals surface area contributed by atoms with E-state index in [4.69, 9.17) is 0 Å². The lowest BCUT2D eigenvalue weighted by atomic mass is 10.1. The topological polar surface area (TPSA) is 0 Å². The Morgan fingerprint density at radius 3 is 1.88 bits per heavy atom. The lowest BCUT2D eigenvalue weighted by Crippen LogP contribution is -1.99. The van der Waals surface area contributed by atoms with Gasteiger partial charge in [-0.1, -0.05) is 13.8 Å². The molecule has 1 aliphatic carbocycles. The fourth-order valence-corrected chi connectivity index (χ4v) is 0.958. The van der Waals surface area contributed by atoms with Crippen molar-refractivity contribution in [1.29, 1.82) is 0 Å². The summed E-state index contributed by atoms with van der Waals surface area (Å²) in [4.78, 5) is 0. The van der Waals surface area contributed by atoms with E-state index in [2.05, 4.69) is 0 Å². The molecule has 0 aromatic heterocycles. The average molecular weight is 120 g/mol. The first kappa shape index (κ1) is 5.99.